The molecule has 3 aliphatic rings. The van der Waals surface area contributed by atoms with Crippen molar-refractivity contribution in [2.75, 3.05) is 17.2 Å². The van der Waals surface area contributed by atoms with Gasteiger partial charge in [-0.15, -0.1) is 24.9 Å². The Balaban J connectivity index is 0. The Hall–Kier alpha value is -2.66. The Morgan fingerprint density at radius 1 is 1.14 bits per heavy atom. The maximum Gasteiger partial charge on any atom is 0.319 e. The van der Waals surface area contributed by atoms with Crippen molar-refractivity contribution in [2.45, 2.75) is 81.4 Å². The summed E-state index contributed by atoms with van der Waals surface area (Å²) in [6, 6.07) is 9.78. The summed E-state index contributed by atoms with van der Waals surface area (Å²) in [6.07, 6.45) is 7.04. The van der Waals surface area contributed by atoms with Crippen LogP contribution in [0.25, 0.3) is 11.4 Å². The van der Waals surface area contributed by atoms with Crippen molar-refractivity contribution in [2.24, 2.45) is 0 Å². The quantitative estimate of drug-likeness (QED) is 0.337. The first-order valence-corrected chi connectivity index (χ1v) is 13.5. The van der Waals surface area contributed by atoms with E-state index in [9.17, 15) is 9.90 Å². The highest BCUT2D eigenvalue weighted by Gasteiger charge is 2.50. The molecule has 1 aromatic heterocycles. The summed E-state index contributed by atoms with van der Waals surface area (Å²) in [7, 11) is 0. The highest BCUT2D eigenvalue weighted by atomic mass is 32.2. The van der Waals surface area contributed by atoms with Gasteiger partial charge in [-0.2, -0.15) is 0 Å². The topological polar surface area (TPSA) is 162 Å². The van der Waals surface area contributed by atoms with Gasteiger partial charge in [0.25, 0.3) is 0 Å². The standard InChI is InChI=1S/C23H29N5O2S.C2H6.C2H4.2H2O.2H2/c1-14(13-29)24-20-12-19(23(10-11-23)31-18-8-9-18)27-21(28-20)15-2-4-16(5-3-15)25-22(30)26-17-6-7-17;2*1-2;;;;/h2-5,12,14,17-18,29H,6-11,13H2,1H3,(H,24,27,28)(H2,25,26,30);1-2H3;1-2H2;2*1H2;2*1H/t14-;;;;;;/m0....../s1. The highest BCUT2D eigenvalue weighted by molar-refractivity contribution is 8.01. The largest absolute Gasteiger partial charge is 0.412 e. The Bertz CT molecular complexity index is 991. The third kappa shape index (κ3) is 9.30. The van der Waals surface area contributed by atoms with Gasteiger partial charge in [0.1, 0.15) is 5.82 Å². The third-order valence-corrected chi connectivity index (χ3v) is 7.67. The molecule has 3 fully saturated rings. The fourth-order valence-electron chi connectivity index (χ4n) is 3.52. The Morgan fingerprint density at radius 3 is 2.27 bits per heavy atom. The lowest BCUT2D eigenvalue weighted by Crippen LogP contribution is -2.30. The number of urea groups is 1. The van der Waals surface area contributed by atoms with Crippen LogP contribution < -0.4 is 16.0 Å². The van der Waals surface area contributed by atoms with Crippen molar-refractivity contribution in [3.05, 3.63) is 49.2 Å². The molecule has 2 aromatic rings. The molecule has 0 radical (unpaired) electrons. The average Bonchev–Trinajstić information content (AvgIpc) is 3.74. The monoisotopic (exact) mass is 537 g/mol. The van der Waals surface area contributed by atoms with Crippen LogP contribution in [0, 0.1) is 0 Å². The van der Waals surface area contributed by atoms with E-state index in [4.69, 9.17) is 9.97 Å². The van der Waals surface area contributed by atoms with Gasteiger partial charge in [0.2, 0.25) is 0 Å². The molecule has 37 heavy (non-hydrogen) atoms. The number of amides is 2. The second-order valence-corrected chi connectivity index (χ2v) is 10.6. The van der Waals surface area contributed by atoms with Crippen molar-refractivity contribution in [3.8, 4) is 11.4 Å². The summed E-state index contributed by atoms with van der Waals surface area (Å²) in [6.45, 7) is 12.0. The molecule has 9 nitrogen and oxygen atoms in total. The van der Waals surface area contributed by atoms with E-state index in [2.05, 4.69) is 46.9 Å². The SMILES string of the molecule is C=C.CC.C[C@@H](CO)Nc1cc(C2(SC3CC3)CC2)nc(-c2ccc(NC(=O)NC3CC3)cc2)n1.O.O.[HH].[HH]. The molecule has 0 saturated heterocycles. The second kappa shape index (κ2) is 14.9. The second-order valence-electron chi connectivity index (χ2n) is 8.95. The van der Waals surface area contributed by atoms with Gasteiger partial charge in [-0.25, -0.2) is 14.8 Å². The summed E-state index contributed by atoms with van der Waals surface area (Å²) < 4.78 is 0.111. The van der Waals surface area contributed by atoms with Gasteiger partial charge in [-0.1, -0.05) is 13.8 Å². The smallest absolute Gasteiger partial charge is 0.319 e. The van der Waals surface area contributed by atoms with Gasteiger partial charge in [-0.05, 0) is 69.7 Å². The van der Waals surface area contributed by atoms with E-state index in [1.807, 2.05) is 45.0 Å². The lowest BCUT2D eigenvalue weighted by Gasteiger charge is -2.18. The molecule has 5 rings (SSSR count). The van der Waals surface area contributed by atoms with Gasteiger partial charge in [0, 0.05) is 37.5 Å². The molecule has 3 saturated carbocycles. The zero-order valence-electron chi connectivity index (χ0n) is 22.1. The maximum absolute atomic E-state index is 12.0. The van der Waals surface area contributed by atoms with Crippen molar-refractivity contribution in [3.63, 3.8) is 0 Å². The third-order valence-electron chi connectivity index (χ3n) is 5.80. The van der Waals surface area contributed by atoms with Crippen LogP contribution >= 0.6 is 11.8 Å². The van der Waals surface area contributed by atoms with Crippen molar-refractivity contribution >= 4 is 29.3 Å². The molecule has 8 N–H and O–H groups in total. The number of aliphatic hydroxyl groups excluding tert-OH is 1. The molecule has 0 spiro atoms. The van der Waals surface area contributed by atoms with Crippen LogP contribution in [0.3, 0.4) is 0 Å². The van der Waals surface area contributed by atoms with Gasteiger partial charge in [0.05, 0.1) is 17.0 Å². The number of aromatic nitrogens is 2. The predicted octanol–water partition coefficient (Wildman–Crippen LogP) is 4.78. The van der Waals surface area contributed by atoms with Crippen LogP contribution in [0.1, 0.15) is 67.8 Å². The molecule has 1 atom stereocenters. The van der Waals surface area contributed by atoms with E-state index in [1.165, 1.54) is 12.8 Å². The van der Waals surface area contributed by atoms with E-state index in [0.29, 0.717) is 11.9 Å². The summed E-state index contributed by atoms with van der Waals surface area (Å²) in [5.74, 6) is 1.41. The van der Waals surface area contributed by atoms with E-state index in [1.54, 1.807) is 0 Å². The number of rotatable bonds is 9. The number of nitrogens with one attached hydrogen (secondary N) is 3. The zero-order valence-corrected chi connectivity index (χ0v) is 23.0. The number of hydrogen-bond donors (Lipinski definition) is 4. The van der Waals surface area contributed by atoms with Crippen molar-refractivity contribution in [1.82, 2.24) is 15.3 Å². The predicted molar refractivity (Wildman–Crippen MR) is 158 cm³/mol. The molecular formula is C27H47N5O4S. The van der Waals surface area contributed by atoms with Gasteiger partial charge in [-0.3, -0.25) is 0 Å². The van der Waals surface area contributed by atoms with Gasteiger partial charge in [0.15, 0.2) is 5.82 Å². The Morgan fingerprint density at radius 2 is 1.76 bits per heavy atom. The summed E-state index contributed by atoms with van der Waals surface area (Å²) in [4.78, 5) is 21.7. The molecule has 3 aliphatic carbocycles. The number of nitrogens with zero attached hydrogens (tertiary/aromatic N) is 2. The molecule has 210 valence electrons. The van der Waals surface area contributed by atoms with E-state index in [-0.39, 0.29) is 37.2 Å². The van der Waals surface area contributed by atoms with Crippen LogP contribution in [0.2, 0.25) is 0 Å². The lowest BCUT2D eigenvalue weighted by atomic mass is 10.1. The normalized spacial score (nSPS) is 17.1. The van der Waals surface area contributed by atoms with Crippen LogP contribution in [-0.4, -0.2) is 56.0 Å². The summed E-state index contributed by atoms with van der Waals surface area (Å²) in [5.41, 5.74) is 2.73. The lowest BCUT2D eigenvalue weighted by molar-refractivity contribution is 0.251. The minimum Gasteiger partial charge on any atom is -0.412 e. The van der Waals surface area contributed by atoms with Crippen LogP contribution in [0.4, 0.5) is 16.3 Å². The molecule has 2 amide bonds. The average molecular weight is 538 g/mol. The molecule has 0 aliphatic heterocycles. The van der Waals surface area contributed by atoms with E-state index < -0.39 is 0 Å². The molecule has 10 heteroatoms. The Labute approximate surface area is 227 Å². The first-order valence-electron chi connectivity index (χ1n) is 12.7. The molecule has 1 heterocycles. The summed E-state index contributed by atoms with van der Waals surface area (Å²) >= 11 is 2.07. The van der Waals surface area contributed by atoms with E-state index in [0.717, 1.165) is 53.7 Å². The van der Waals surface area contributed by atoms with Crippen molar-refractivity contribution < 1.29 is 23.7 Å². The molecule has 1 aromatic carbocycles. The fourth-order valence-corrected chi connectivity index (χ4v) is 5.09. The van der Waals surface area contributed by atoms with Crippen LogP contribution in [0.5, 0.6) is 0 Å². The minimum absolute atomic E-state index is 0. The minimum atomic E-state index is -0.161. The van der Waals surface area contributed by atoms with E-state index >= 15 is 0 Å². The number of benzene rings is 1. The van der Waals surface area contributed by atoms with Crippen LogP contribution in [-0.2, 0) is 4.75 Å². The maximum atomic E-state index is 12.0. The summed E-state index contributed by atoms with van der Waals surface area (Å²) in [5, 5.41) is 19.3. The molecule has 0 unspecified atom stereocenters. The highest BCUT2D eigenvalue weighted by Crippen LogP contribution is 2.61. The number of carbonyl (C=O) groups excluding carboxylic acids is 1. The van der Waals surface area contributed by atoms with Crippen LogP contribution in [0.15, 0.2) is 43.5 Å². The first kappa shape index (κ1) is 32.4. The number of thioether (sulfide) groups is 1. The Kier molecular flexibility index (Phi) is 13.1. The zero-order chi connectivity index (χ0) is 25.4. The first-order chi connectivity index (χ1) is 17.0. The fraction of sp³-hybridized carbons (Fsp3) is 0.519. The molecule has 0 bridgehead atoms. The number of carbonyl (C=O) groups is 1. The number of anilines is 2. The molecular weight excluding hydrogens is 490 g/mol. The number of hydrogen-bond acceptors (Lipinski definition) is 6. The number of aliphatic hydroxyl groups is 1. The van der Waals surface area contributed by atoms with Gasteiger partial charge < -0.3 is 32.0 Å². The van der Waals surface area contributed by atoms with Gasteiger partial charge >= 0.3 is 6.03 Å². The van der Waals surface area contributed by atoms with Crippen molar-refractivity contribution in [1.29, 1.82) is 0 Å².